The van der Waals surface area contributed by atoms with Crippen LogP contribution in [0.3, 0.4) is 0 Å². The van der Waals surface area contributed by atoms with E-state index in [4.69, 9.17) is 0 Å². The molecular weight excluding hydrogens is 820 g/mol. The fourth-order valence-electron chi connectivity index (χ4n) is 1.59. The minimum Gasteiger partial charge on any atom is -0.503 e. The number of hydrogen-bond acceptors (Lipinski definition) is 6. The second-order valence-corrected chi connectivity index (χ2v) is 4.17. The summed E-state index contributed by atoms with van der Waals surface area (Å²) in [6.07, 6.45) is 3.42. The number of carbonyl (C=O) groups excluding carboxylic acids is 5. The Hall–Kier alpha value is -5.23. The van der Waals surface area contributed by atoms with Crippen LogP contribution < -0.4 is 10.6 Å². The van der Waals surface area contributed by atoms with Crippen molar-refractivity contribution in [2.75, 3.05) is 10.6 Å². The first kappa shape index (κ1) is 22.1. The Morgan fingerprint density at radius 2 is 1.76 bits per heavy atom. The van der Waals surface area contributed by atoms with Crippen molar-refractivity contribution >= 4 is 42.5 Å². The van der Waals surface area contributed by atoms with Crippen molar-refractivity contribution in [3.05, 3.63) is 23.8 Å². The molecule has 2 N–H and O–H groups in total. The predicted octanol–water partition coefficient (Wildman–Crippen LogP) is 0.502. The van der Waals surface area contributed by atoms with Gasteiger partial charge in [-0.15, -0.1) is 17.2 Å². The van der Waals surface area contributed by atoms with Gasteiger partial charge in [-0.1, -0.05) is 13.0 Å². The molecule has 0 atom stereocenters. The first-order valence-electron chi connectivity index (χ1n) is 6.47. The number of nitrogens with one attached hydrogen (secondary N) is 2. The number of carbonyl (C=O) groups is 3. The molecule has 146 valence electrons. The average Bonchev–Trinajstić information content (AvgIpc) is 2.54. The summed E-state index contributed by atoms with van der Waals surface area (Å²) in [5.74, 6) is -1.65. The summed E-state index contributed by atoms with van der Waals surface area (Å²) in [6.45, 7) is 1.73. The summed E-state index contributed by atoms with van der Waals surface area (Å²) in [4.78, 5) is 59.7. The van der Waals surface area contributed by atoms with Crippen LogP contribution in [0.1, 0.15) is 30.1 Å². The standard InChI is InChI=1S/C14H13N3O6.2Fm/c1-2-3-13(21)17(9-20)23-14(22)10-4-5-11(15-7-18)12(6-10)16-8-19;;/h4-6,9H,2-3H2,1H3,(H,15,18)(H,16,19);;/q-2;;. The van der Waals surface area contributed by atoms with Crippen LogP contribution >= 0.6 is 0 Å². The molecule has 0 saturated heterocycles. The zero-order chi connectivity index (χ0) is 17.2. The molecule has 0 aliphatic rings. The molecule has 1 aromatic carbocycles. The summed E-state index contributed by atoms with van der Waals surface area (Å²) in [7, 11) is 0. The van der Waals surface area contributed by atoms with Gasteiger partial charge in [-0.05, 0) is 6.42 Å². The molecule has 9 nitrogen and oxygen atoms in total. The Bertz CT molecular complexity index is 627. The molecule has 0 aliphatic heterocycles. The summed E-state index contributed by atoms with van der Waals surface area (Å²) in [5.41, 5.74) is 0.180. The van der Waals surface area contributed by atoms with Crippen LogP contribution in [0, 0.1) is 0 Å². The number of hydroxylamine groups is 2. The van der Waals surface area contributed by atoms with Crippen LogP contribution in [0.5, 0.6) is 0 Å². The molecule has 0 bridgehead atoms. The normalized spacial score (nSPS) is 8.68. The first-order chi connectivity index (χ1) is 11.1. The molecule has 1 rings (SSSR count). The third-order valence-corrected chi connectivity index (χ3v) is 2.61. The number of imide groups is 1. The zero-order valence-electron chi connectivity index (χ0n) is 12.7. The fourth-order valence-corrected chi connectivity index (χ4v) is 1.59. The monoisotopic (exact) mass is 833 g/mol. The van der Waals surface area contributed by atoms with Crippen molar-refractivity contribution in [3.8, 4) is 0 Å². The smallest absolute Gasteiger partial charge is 0.362 e. The van der Waals surface area contributed by atoms with Crippen LogP contribution in [0.15, 0.2) is 18.2 Å². The van der Waals surface area contributed by atoms with E-state index in [1.807, 2.05) is 0 Å². The third kappa shape index (κ3) is 5.58. The van der Waals surface area contributed by atoms with E-state index in [0.717, 1.165) is 0 Å². The molecule has 0 unspecified atom stereocenters. The molecule has 1 aromatic rings. The van der Waals surface area contributed by atoms with E-state index in [2.05, 4.69) is 15.5 Å². The largest absolute Gasteiger partial charge is 0.503 e. The Balaban J connectivity index is 0. The van der Waals surface area contributed by atoms with Crippen LogP contribution in [-0.2, 0) is 24.0 Å². The number of amides is 4. The minimum atomic E-state index is -0.989. The number of rotatable bonds is 8. The fraction of sp³-hybridized carbons (Fsp3) is 0.214. The van der Waals surface area contributed by atoms with E-state index in [0.29, 0.717) is 11.5 Å². The van der Waals surface area contributed by atoms with E-state index in [9.17, 15) is 24.0 Å². The summed E-state index contributed by atoms with van der Waals surface area (Å²) < 4.78 is 0. The van der Waals surface area contributed by atoms with Crippen molar-refractivity contribution in [3.63, 3.8) is 0 Å². The van der Waals surface area contributed by atoms with Crippen LogP contribution in [0.4, 0.5) is 11.4 Å². The van der Waals surface area contributed by atoms with Gasteiger partial charge in [0.25, 0.3) is 12.3 Å². The van der Waals surface area contributed by atoms with Gasteiger partial charge in [-0.2, -0.15) is 11.4 Å². The van der Waals surface area contributed by atoms with E-state index < -0.39 is 11.9 Å². The summed E-state index contributed by atoms with van der Waals surface area (Å²) in [6, 6.07) is 3.76. The Labute approximate surface area is 131 Å². The van der Waals surface area contributed by atoms with Gasteiger partial charge in [0.1, 0.15) is 0 Å². The van der Waals surface area contributed by atoms with E-state index in [1.165, 1.54) is 31.0 Å². The van der Waals surface area contributed by atoms with Gasteiger partial charge in [0.2, 0.25) is 0 Å². The number of nitrogens with zero attached hydrogens (tertiary/aromatic N) is 1. The average molecular weight is 833 g/mol. The number of benzene rings is 1. The van der Waals surface area contributed by atoms with E-state index in [1.54, 1.807) is 6.92 Å². The van der Waals surface area contributed by atoms with Crippen LogP contribution in [0.2, 0.25) is 0 Å². The Morgan fingerprint density at radius 1 is 1.16 bits per heavy atom. The minimum absolute atomic E-state index is 0. The predicted molar refractivity (Wildman–Crippen MR) is 78.3 cm³/mol. The van der Waals surface area contributed by atoms with Crippen molar-refractivity contribution in [2.45, 2.75) is 19.8 Å². The van der Waals surface area contributed by atoms with Gasteiger partial charge in [0.05, 0.1) is 12.8 Å². The molecule has 0 saturated carbocycles. The van der Waals surface area contributed by atoms with Crippen molar-refractivity contribution in [2.24, 2.45) is 0 Å². The van der Waals surface area contributed by atoms with Gasteiger partial charge in [-0.3, -0.25) is 9.59 Å². The maximum absolute atomic E-state index is 11.9. The number of hydrogen-bond donors (Lipinski definition) is 2. The van der Waals surface area contributed by atoms with E-state index in [-0.39, 0.29) is 29.8 Å². The summed E-state index contributed by atoms with van der Waals surface area (Å²) >= 11 is 0. The molecule has 0 spiro atoms. The van der Waals surface area contributed by atoms with Gasteiger partial charge >= 0.3 is 5.97 Å². The summed E-state index contributed by atoms with van der Waals surface area (Å²) in [5, 5.41) is 4.66. The van der Waals surface area contributed by atoms with Crippen molar-refractivity contribution in [1.82, 2.24) is 5.06 Å². The quantitative estimate of drug-likeness (QED) is 0.171. The molecule has 0 fully saturated rings. The first-order valence-corrected chi connectivity index (χ1v) is 6.47. The third-order valence-electron chi connectivity index (χ3n) is 2.61. The second kappa shape index (κ2) is 10.5. The molecule has 25 heavy (non-hydrogen) atoms. The zero-order valence-corrected chi connectivity index (χ0v) is 17.5. The molecular formula is C14H13Fm2N3O6-2. The maximum Gasteiger partial charge on any atom is 0.362 e. The van der Waals surface area contributed by atoms with E-state index >= 15 is 0 Å². The molecule has 0 aromatic heterocycles. The van der Waals surface area contributed by atoms with Gasteiger partial charge in [0, 0.05) is 12.0 Å². The molecule has 4 amide bonds. The van der Waals surface area contributed by atoms with Crippen LogP contribution in [0.25, 0.3) is 0 Å². The van der Waals surface area contributed by atoms with Crippen molar-refractivity contribution < 1.29 is 28.8 Å². The maximum atomic E-state index is 11.9. The van der Waals surface area contributed by atoms with Crippen molar-refractivity contribution in [1.29, 1.82) is 0 Å². The van der Waals surface area contributed by atoms with Gasteiger partial charge in [0.15, 0.2) is 0 Å². The molecule has 0 radical (unpaired) electrons. The Morgan fingerprint density at radius 3 is 2.28 bits per heavy atom. The van der Waals surface area contributed by atoms with Gasteiger partial charge in [-0.25, -0.2) is 4.79 Å². The number of anilines is 2. The SMILES string of the molecule is CCCC(=O)N(C=O)OC(=O)c1ccc(N[C-]=O)c(N[C-]=O)c1.[Fm].[Fm]. The topological polar surface area (TPSA) is 122 Å². The Kier molecular flexibility index (Phi) is 9.26. The van der Waals surface area contributed by atoms with Crippen LogP contribution in [-0.4, -0.2) is 36.2 Å². The second-order valence-electron chi connectivity index (χ2n) is 4.17. The molecule has 0 aliphatic carbocycles. The molecule has 11 heteroatoms. The molecule has 0 heterocycles. The van der Waals surface area contributed by atoms with Gasteiger partial charge < -0.3 is 25.1 Å².